The van der Waals surface area contributed by atoms with Crippen LogP contribution in [0.3, 0.4) is 0 Å². The van der Waals surface area contributed by atoms with Crippen molar-refractivity contribution in [3.05, 3.63) is 60.2 Å². The van der Waals surface area contributed by atoms with Gasteiger partial charge in [-0.3, -0.25) is 5.43 Å². The van der Waals surface area contributed by atoms with E-state index < -0.39 is 0 Å². The first-order chi connectivity index (χ1) is 13.2. The standard InChI is InChI=1S/C20H20N4O3/c1-3-27-16-10-9-15(17(25)11-16)13-21-24-18-12-19(26-2)23-20(22-18)14-7-5-4-6-8-14/h4-13,25H,3H2,1-2H3,(H,22,23,24)/b21-13-. The number of hydrogen-bond donors (Lipinski definition) is 2. The summed E-state index contributed by atoms with van der Waals surface area (Å²) in [5.74, 6) is 2.11. The molecule has 138 valence electrons. The topological polar surface area (TPSA) is 88.9 Å². The summed E-state index contributed by atoms with van der Waals surface area (Å²) in [5.41, 5.74) is 4.26. The molecule has 0 saturated carbocycles. The van der Waals surface area contributed by atoms with Gasteiger partial charge in [-0.05, 0) is 19.1 Å². The van der Waals surface area contributed by atoms with Crippen LogP contribution in [0.25, 0.3) is 11.4 Å². The Bertz CT molecular complexity index is 930. The summed E-state index contributed by atoms with van der Waals surface area (Å²) in [6.07, 6.45) is 1.50. The maximum atomic E-state index is 10.0. The van der Waals surface area contributed by atoms with Gasteiger partial charge in [0.05, 0.1) is 19.9 Å². The molecular weight excluding hydrogens is 344 g/mol. The van der Waals surface area contributed by atoms with Crippen molar-refractivity contribution < 1.29 is 14.6 Å². The number of ether oxygens (including phenoxy) is 2. The first kappa shape index (κ1) is 18.2. The van der Waals surface area contributed by atoms with Gasteiger partial charge in [-0.15, -0.1) is 0 Å². The van der Waals surface area contributed by atoms with Gasteiger partial charge in [0, 0.05) is 23.3 Å². The molecule has 27 heavy (non-hydrogen) atoms. The van der Waals surface area contributed by atoms with Crippen LogP contribution >= 0.6 is 0 Å². The highest BCUT2D eigenvalue weighted by Gasteiger charge is 2.07. The summed E-state index contributed by atoms with van der Waals surface area (Å²) in [7, 11) is 1.54. The third-order valence-corrected chi connectivity index (χ3v) is 3.64. The summed E-state index contributed by atoms with van der Waals surface area (Å²) in [6.45, 7) is 2.42. The number of anilines is 1. The zero-order valence-electron chi connectivity index (χ0n) is 15.1. The maximum absolute atomic E-state index is 10.0. The largest absolute Gasteiger partial charge is 0.507 e. The Hall–Kier alpha value is -3.61. The van der Waals surface area contributed by atoms with Gasteiger partial charge in [0.25, 0.3) is 0 Å². The normalized spacial score (nSPS) is 10.7. The van der Waals surface area contributed by atoms with Crippen molar-refractivity contribution in [2.24, 2.45) is 5.10 Å². The van der Waals surface area contributed by atoms with Gasteiger partial charge in [0.1, 0.15) is 11.5 Å². The van der Waals surface area contributed by atoms with E-state index in [-0.39, 0.29) is 5.75 Å². The SMILES string of the molecule is CCOc1ccc(/C=N\Nc2cc(OC)nc(-c3ccccc3)n2)c(O)c1. The number of rotatable bonds is 7. The molecule has 0 fully saturated rings. The second-order valence-electron chi connectivity index (χ2n) is 5.51. The van der Waals surface area contributed by atoms with Crippen LogP contribution < -0.4 is 14.9 Å². The van der Waals surface area contributed by atoms with Crippen LogP contribution in [0.15, 0.2) is 59.7 Å². The van der Waals surface area contributed by atoms with Crippen LogP contribution in [-0.4, -0.2) is 35.0 Å². The van der Waals surface area contributed by atoms with Crippen molar-refractivity contribution >= 4 is 12.0 Å². The minimum Gasteiger partial charge on any atom is -0.507 e. The van der Waals surface area contributed by atoms with Crippen molar-refractivity contribution in [3.63, 3.8) is 0 Å². The Morgan fingerprint density at radius 1 is 1.11 bits per heavy atom. The summed E-state index contributed by atoms with van der Waals surface area (Å²) in [4.78, 5) is 8.80. The van der Waals surface area contributed by atoms with Crippen LogP contribution in [0.4, 0.5) is 5.82 Å². The number of aromatic nitrogens is 2. The number of methoxy groups -OCH3 is 1. The number of phenolic OH excluding ortho intramolecular Hbond substituents is 1. The molecule has 0 atom stereocenters. The van der Waals surface area contributed by atoms with Crippen molar-refractivity contribution in [3.8, 4) is 28.8 Å². The van der Waals surface area contributed by atoms with E-state index in [9.17, 15) is 5.11 Å². The molecule has 2 aromatic carbocycles. The highest BCUT2D eigenvalue weighted by molar-refractivity contribution is 5.84. The quantitative estimate of drug-likeness (QED) is 0.491. The van der Waals surface area contributed by atoms with E-state index in [1.54, 1.807) is 31.4 Å². The van der Waals surface area contributed by atoms with Crippen molar-refractivity contribution in [2.45, 2.75) is 6.92 Å². The second-order valence-corrected chi connectivity index (χ2v) is 5.51. The van der Waals surface area contributed by atoms with E-state index in [1.807, 2.05) is 37.3 Å². The molecular formula is C20H20N4O3. The molecule has 1 aromatic heterocycles. The summed E-state index contributed by atoms with van der Waals surface area (Å²) in [5, 5.41) is 14.2. The molecule has 0 unspecified atom stereocenters. The van der Waals surface area contributed by atoms with Gasteiger partial charge in [-0.25, -0.2) is 4.98 Å². The smallest absolute Gasteiger partial charge is 0.218 e. The first-order valence-electron chi connectivity index (χ1n) is 8.43. The molecule has 7 heteroatoms. The molecule has 3 rings (SSSR count). The lowest BCUT2D eigenvalue weighted by molar-refractivity contribution is 0.337. The molecule has 0 radical (unpaired) electrons. The Labute approximate surface area is 157 Å². The number of hydrogen-bond acceptors (Lipinski definition) is 7. The lowest BCUT2D eigenvalue weighted by Gasteiger charge is -2.07. The van der Waals surface area contributed by atoms with Gasteiger partial charge >= 0.3 is 0 Å². The number of nitrogens with one attached hydrogen (secondary N) is 1. The highest BCUT2D eigenvalue weighted by Crippen LogP contribution is 2.23. The fourth-order valence-corrected chi connectivity index (χ4v) is 2.36. The molecule has 0 aliphatic carbocycles. The van der Waals surface area contributed by atoms with Crippen molar-refractivity contribution in [1.29, 1.82) is 0 Å². The van der Waals surface area contributed by atoms with Crippen molar-refractivity contribution in [1.82, 2.24) is 9.97 Å². The van der Waals surface area contributed by atoms with E-state index in [4.69, 9.17) is 9.47 Å². The number of phenols is 1. The Balaban J connectivity index is 1.78. The minimum absolute atomic E-state index is 0.0803. The Morgan fingerprint density at radius 3 is 2.63 bits per heavy atom. The lowest BCUT2D eigenvalue weighted by Crippen LogP contribution is -2.00. The number of benzene rings is 2. The van der Waals surface area contributed by atoms with Crippen molar-refractivity contribution in [2.75, 3.05) is 19.1 Å². The van der Waals surface area contributed by atoms with Crippen LogP contribution in [0, 0.1) is 0 Å². The van der Waals surface area contributed by atoms with Gasteiger partial charge in [0.2, 0.25) is 5.88 Å². The molecule has 3 aromatic rings. The molecule has 7 nitrogen and oxygen atoms in total. The molecule has 0 bridgehead atoms. The van der Waals surface area contributed by atoms with E-state index in [2.05, 4.69) is 20.5 Å². The molecule has 1 heterocycles. The number of nitrogens with zero attached hydrogens (tertiary/aromatic N) is 3. The molecule has 0 spiro atoms. The highest BCUT2D eigenvalue weighted by atomic mass is 16.5. The van der Waals surface area contributed by atoms with Gasteiger partial charge in [-0.2, -0.15) is 10.1 Å². The van der Waals surface area contributed by atoms with Crippen LogP contribution in [0.1, 0.15) is 12.5 Å². The maximum Gasteiger partial charge on any atom is 0.218 e. The average molecular weight is 364 g/mol. The monoisotopic (exact) mass is 364 g/mol. The summed E-state index contributed by atoms with van der Waals surface area (Å²) < 4.78 is 10.6. The van der Waals surface area contributed by atoms with E-state index in [0.717, 1.165) is 5.56 Å². The summed E-state index contributed by atoms with van der Waals surface area (Å²) >= 11 is 0. The van der Waals surface area contributed by atoms with E-state index >= 15 is 0 Å². The zero-order valence-corrected chi connectivity index (χ0v) is 15.1. The molecule has 2 N–H and O–H groups in total. The van der Waals surface area contributed by atoms with E-state index in [0.29, 0.717) is 35.4 Å². The van der Waals surface area contributed by atoms with Crippen LogP contribution in [-0.2, 0) is 0 Å². The average Bonchev–Trinajstić information content (AvgIpc) is 2.70. The third-order valence-electron chi connectivity index (χ3n) is 3.64. The van der Waals surface area contributed by atoms with Gasteiger partial charge in [0.15, 0.2) is 11.6 Å². The third kappa shape index (κ3) is 4.72. The predicted octanol–water partition coefficient (Wildman–Crippen LogP) is 3.70. The molecule has 0 saturated heterocycles. The van der Waals surface area contributed by atoms with Gasteiger partial charge in [-0.1, -0.05) is 30.3 Å². The second kappa shape index (κ2) is 8.66. The fourth-order valence-electron chi connectivity index (χ4n) is 2.36. The Morgan fingerprint density at radius 2 is 1.93 bits per heavy atom. The van der Waals surface area contributed by atoms with E-state index in [1.165, 1.54) is 6.21 Å². The first-order valence-corrected chi connectivity index (χ1v) is 8.43. The Kier molecular flexibility index (Phi) is 5.84. The summed E-state index contributed by atoms with van der Waals surface area (Å²) in [6, 6.07) is 16.3. The minimum atomic E-state index is 0.0803. The predicted molar refractivity (Wildman–Crippen MR) is 105 cm³/mol. The lowest BCUT2D eigenvalue weighted by atomic mass is 10.2. The van der Waals surface area contributed by atoms with Gasteiger partial charge < -0.3 is 14.6 Å². The zero-order chi connectivity index (χ0) is 19.1. The van der Waals surface area contributed by atoms with Crippen LogP contribution in [0.2, 0.25) is 0 Å². The molecule has 0 aliphatic rings. The number of aromatic hydroxyl groups is 1. The fraction of sp³-hybridized carbons (Fsp3) is 0.150. The number of hydrazone groups is 1. The molecule has 0 amide bonds. The molecule has 0 aliphatic heterocycles. The van der Waals surface area contributed by atoms with Crippen LogP contribution in [0.5, 0.6) is 17.4 Å².